The fourth-order valence-corrected chi connectivity index (χ4v) is 8.68. The van der Waals surface area contributed by atoms with Crippen molar-refractivity contribution in [2.75, 3.05) is 46.5 Å². The Morgan fingerprint density at radius 1 is 0.873 bits per heavy atom. The number of likely N-dealkylation sites (tertiary alicyclic amines) is 2. The first kappa shape index (κ1) is 38.4. The van der Waals surface area contributed by atoms with Crippen LogP contribution in [0.4, 0.5) is 9.59 Å². The first-order chi connectivity index (χ1) is 26.6. The Hall–Kier alpha value is -4.90. The Bertz CT molecular complexity index is 1930. The van der Waals surface area contributed by atoms with Gasteiger partial charge in [0, 0.05) is 70.7 Å². The first-order valence-electron chi connectivity index (χ1n) is 19.9. The van der Waals surface area contributed by atoms with E-state index in [2.05, 4.69) is 40.2 Å². The average molecular weight is 750 g/mol. The van der Waals surface area contributed by atoms with Crippen molar-refractivity contribution in [3.8, 4) is 11.1 Å². The smallest absolute Gasteiger partial charge is 0.410 e. The van der Waals surface area contributed by atoms with E-state index >= 15 is 0 Å². The lowest BCUT2D eigenvalue weighted by Crippen LogP contribution is -2.50. The SMILES string of the molecule is COCCCn1c([C@@H]2CCCN(C(=O)CC(NC(=O)OCC3c4ccccc4-c4ccccc43)C3CCN(C(=O)OC(C)(C)C)CC3)C2)nc2ccccc21. The quantitative estimate of drug-likeness (QED) is 0.156. The lowest BCUT2D eigenvalue weighted by molar-refractivity contribution is -0.133. The van der Waals surface area contributed by atoms with Crippen molar-refractivity contribution in [3.05, 3.63) is 89.7 Å². The van der Waals surface area contributed by atoms with Gasteiger partial charge in [-0.3, -0.25) is 4.79 Å². The van der Waals surface area contributed by atoms with Crippen LogP contribution in [-0.2, 0) is 25.5 Å². The lowest BCUT2D eigenvalue weighted by Gasteiger charge is -2.38. The molecule has 11 heteroatoms. The van der Waals surface area contributed by atoms with E-state index in [1.165, 1.54) is 0 Å². The molecule has 1 unspecified atom stereocenters. The molecule has 2 saturated heterocycles. The van der Waals surface area contributed by atoms with Crippen LogP contribution < -0.4 is 5.32 Å². The molecular formula is C44H55N5O6. The Labute approximate surface area is 324 Å². The van der Waals surface area contributed by atoms with E-state index in [1.54, 1.807) is 12.0 Å². The molecule has 3 aromatic carbocycles. The zero-order valence-electron chi connectivity index (χ0n) is 32.7. The van der Waals surface area contributed by atoms with Crippen LogP contribution in [0.25, 0.3) is 22.2 Å². The fourth-order valence-electron chi connectivity index (χ4n) is 8.68. The molecule has 0 saturated carbocycles. The van der Waals surface area contributed by atoms with Gasteiger partial charge in [-0.1, -0.05) is 60.7 Å². The largest absolute Gasteiger partial charge is 0.449 e. The molecule has 3 heterocycles. The summed E-state index contributed by atoms with van der Waals surface area (Å²) in [4.78, 5) is 49.6. The normalized spacial score (nSPS) is 18.1. The van der Waals surface area contributed by atoms with Crippen molar-refractivity contribution in [1.82, 2.24) is 24.7 Å². The molecule has 3 aliphatic rings. The zero-order chi connectivity index (χ0) is 38.5. The number of amides is 3. The van der Waals surface area contributed by atoms with Gasteiger partial charge in [-0.15, -0.1) is 0 Å². The number of imidazole rings is 1. The zero-order valence-corrected chi connectivity index (χ0v) is 32.7. The maximum absolute atomic E-state index is 14.3. The van der Waals surface area contributed by atoms with Crippen LogP contribution in [0.1, 0.15) is 88.1 Å². The number of nitrogens with one attached hydrogen (secondary N) is 1. The molecule has 0 radical (unpaired) electrons. The van der Waals surface area contributed by atoms with Gasteiger partial charge in [-0.2, -0.15) is 0 Å². The second-order valence-electron chi connectivity index (χ2n) is 16.2. The van der Waals surface area contributed by atoms with E-state index in [4.69, 9.17) is 19.2 Å². The molecule has 1 N–H and O–H groups in total. The van der Waals surface area contributed by atoms with Crippen LogP contribution in [-0.4, -0.2) is 95.6 Å². The fraction of sp³-hybridized carbons (Fsp3) is 0.500. The van der Waals surface area contributed by atoms with Crippen molar-refractivity contribution in [2.24, 2.45) is 5.92 Å². The molecule has 292 valence electrons. The van der Waals surface area contributed by atoms with E-state index in [0.717, 1.165) is 64.9 Å². The van der Waals surface area contributed by atoms with Crippen LogP contribution in [0.5, 0.6) is 0 Å². The highest BCUT2D eigenvalue weighted by Gasteiger charge is 2.36. The van der Waals surface area contributed by atoms with E-state index < -0.39 is 17.7 Å². The number of hydrogen-bond acceptors (Lipinski definition) is 7. The molecule has 3 amide bonds. The molecule has 1 aliphatic carbocycles. The highest BCUT2D eigenvalue weighted by Crippen LogP contribution is 2.44. The van der Waals surface area contributed by atoms with Crippen LogP contribution in [0, 0.1) is 5.92 Å². The Morgan fingerprint density at radius 3 is 2.24 bits per heavy atom. The second-order valence-corrected chi connectivity index (χ2v) is 16.2. The van der Waals surface area contributed by atoms with E-state index in [9.17, 15) is 14.4 Å². The molecule has 55 heavy (non-hydrogen) atoms. The number of carbonyl (C=O) groups excluding carboxylic acids is 3. The number of piperidine rings is 2. The maximum atomic E-state index is 14.3. The third-order valence-corrected chi connectivity index (χ3v) is 11.4. The Morgan fingerprint density at radius 2 is 1.55 bits per heavy atom. The summed E-state index contributed by atoms with van der Waals surface area (Å²) in [5, 5.41) is 3.14. The third-order valence-electron chi connectivity index (χ3n) is 11.4. The highest BCUT2D eigenvalue weighted by atomic mass is 16.6. The summed E-state index contributed by atoms with van der Waals surface area (Å²) in [6.07, 6.45) is 3.24. The number of carbonyl (C=O) groups is 3. The molecule has 11 nitrogen and oxygen atoms in total. The summed E-state index contributed by atoms with van der Waals surface area (Å²) in [6.45, 7) is 9.44. The summed E-state index contributed by atoms with van der Waals surface area (Å²) < 4.78 is 19.3. The van der Waals surface area contributed by atoms with Crippen LogP contribution in [0.15, 0.2) is 72.8 Å². The number of alkyl carbamates (subject to hydrolysis) is 1. The molecule has 2 fully saturated rings. The first-order valence-corrected chi connectivity index (χ1v) is 19.9. The molecule has 4 aromatic rings. The molecule has 2 atom stereocenters. The number of nitrogens with zero attached hydrogens (tertiary/aromatic N) is 4. The number of para-hydroxylation sites is 2. The topological polar surface area (TPSA) is 115 Å². The highest BCUT2D eigenvalue weighted by molar-refractivity contribution is 5.80. The molecule has 0 spiro atoms. The third kappa shape index (κ3) is 8.82. The number of ether oxygens (including phenoxy) is 3. The van der Waals surface area contributed by atoms with E-state index in [-0.39, 0.29) is 42.8 Å². The maximum Gasteiger partial charge on any atom is 0.410 e. The predicted octanol–water partition coefficient (Wildman–Crippen LogP) is 7.72. The van der Waals surface area contributed by atoms with E-state index in [0.29, 0.717) is 45.6 Å². The van der Waals surface area contributed by atoms with Gasteiger partial charge in [-0.05, 0) is 93.2 Å². The average Bonchev–Trinajstić information content (AvgIpc) is 3.72. The van der Waals surface area contributed by atoms with Gasteiger partial charge in [0.2, 0.25) is 5.91 Å². The minimum absolute atomic E-state index is 0.00487. The van der Waals surface area contributed by atoms with Crippen molar-refractivity contribution in [2.45, 2.75) is 89.3 Å². The Balaban J connectivity index is 1.05. The van der Waals surface area contributed by atoms with Crippen LogP contribution in [0.3, 0.4) is 0 Å². The summed E-state index contributed by atoms with van der Waals surface area (Å²) in [7, 11) is 1.72. The minimum Gasteiger partial charge on any atom is -0.449 e. The van der Waals surface area contributed by atoms with Gasteiger partial charge in [0.25, 0.3) is 0 Å². The van der Waals surface area contributed by atoms with Gasteiger partial charge in [-0.25, -0.2) is 14.6 Å². The second kappa shape index (κ2) is 16.9. The summed E-state index contributed by atoms with van der Waals surface area (Å²) in [6, 6.07) is 24.3. The number of rotatable bonds is 11. The minimum atomic E-state index is -0.589. The van der Waals surface area contributed by atoms with Gasteiger partial charge in [0.05, 0.1) is 11.0 Å². The number of benzene rings is 3. The van der Waals surface area contributed by atoms with E-state index in [1.807, 2.05) is 68.1 Å². The number of methoxy groups -OCH3 is 1. The van der Waals surface area contributed by atoms with Crippen molar-refractivity contribution >= 4 is 29.1 Å². The molecule has 1 aromatic heterocycles. The van der Waals surface area contributed by atoms with Crippen LogP contribution >= 0.6 is 0 Å². The molecular weight excluding hydrogens is 695 g/mol. The number of aromatic nitrogens is 2. The predicted molar refractivity (Wildman–Crippen MR) is 212 cm³/mol. The van der Waals surface area contributed by atoms with Gasteiger partial charge < -0.3 is 33.9 Å². The molecule has 0 bridgehead atoms. The summed E-state index contributed by atoms with van der Waals surface area (Å²) in [5.41, 5.74) is 6.09. The lowest BCUT2D eigenvalue weighted by atomic mass is 9.87. The molecule has 7 rings (SSSR count). The number of hydrogen-bond donors (Lipinski definition) is 1. The van der Waals surface area contributed by atoms with Crippen LogP contribution in [0.2, 0.25) is 0 Å². The van der Waals surface area contributed by atoms with Crippen molar-refractivity contribution in [1.29, 1.82) is 0 Å². The van der Waals surface area contributed by atoms with Gasteiger partial charge in [0.1, 0.15) is 18.0 Å². The van der Waals surface area contributed by atoms with Gasteiger partial charge >= 0.3 is 12.2 Å². The Kier molecular flexibility index (Phi) is 11.8. The monoisotopic (exact) mass is 749 g/mol. The molecule has 2 aliphatic heterocycles. The van der Waals surface area contributed by atoms with Crippen molar-refractivity contribution in [3.63, 3.8) is 0 Å². The number of aryl methyl sites for hydroxylation is 1. The summed E-state index contributed by atoms with van der Waals surface area (Å²) >= 11 is 0. The summed E-state index contributed by atoms with van der Waals surface area (Å²) in [5.74, 6) is 1.02. The standard InChI is InChI=1S/C44H55N5O6/c1-44(2,3)55-43(52)47-24-20-30(21-25-47)38(46-42(51)54-29-36-34-16-7-5-14-32(34)33-15-6-8-17-35(33)36)27-40(50)48-22-11-13-31(28-48)41-45-37-18-9-10-19-39(37)49(41)23-12-26-53-4/h5-10,14-19,30-31,36,38H,11-13,20-29H2,1-4H3,(H,46,51)/t31-,38?/m1/s1. The number of fused-ring (bicyclic) bond motifs is 4. The van der Waals surface area contributed by atoms with Crippen molar-refractivity contribution < 1.29 is 28.6 Å². The van der Waals surface area contributed by atoms with Gasteiger partial charge in [0.15, 0.2) is 0 Å².